The van der Waals surface area contributed by atoms with Gasteiger partial charge in [0.1, 0.15) is 0 Å². The molecule has 1 aromatic rings. The minimum atomic E-state index is 0.558. The fourth-order valence-corrected chi connectivity index (χ4v) is 1.76. The number of benzene rings is 1. The average Bonchev–Trinajstić information content (AvgIpc) is 2.13. The van der Waals surface area contributed by atoms with Crippen molar-refractivity contribution in [2.45, 2.75) is 13.3 Å². The molecule has 0 aromatic heterocycles. The van der Waals surface area contributed by atoms with Gasteiger partial charge in [-0.1, -0.05) is 30.1 Å². The lowest BCUT2D eigenvalue weighted by atomic mass is 10.3. The summed E-state index contributed by atoms with van der Waals surface area (Å²) in [5.74, 6) is 0. The predicted molar refractivity (Wildman–Crippen MR) is 62.9 cm³/mol. The Balaban J connectivity index is 2.90. The molecule has 4 heteroatoms. The number of hydrogen-bond donors (Lipinski definition) is 1. The lowest BCUT2D eigenvalue weighted by Crippen LogP contribution is -2.00. The molecule has 0 saturated carbocycles. The largest absolute Gasteiger partial charge is 0.384 e. The summed E-state index contributed by atoms with van der Waals surface area (Å²) in [7, 11) is 0. The van der Waals surface area contributed by atoms with Crippen LogP contribution in [0, 0.1) is 0 Å². The van der Waals surface area contributed by atoms with E-state index in [1.54, 1.807) is 0 Å². The van der Waals surface area contributed by atoms with Crippen LogP contribution < -0.4 is 5.32 Å². The third kappa shape index (κ3) is 2.76. The van der Waals surface area contributed by atoms with E-state index in [0.29, 0.717) is 10.0 Å². The molecule has 1 aromatic carbocycles. The second kappa shape index (κ2) is 5.08. The molecule has 0 atom stereocenters. The standard InChI is InChI=1S/C9H10BrCl2N/c1-2-5-13-7-4-3-6(10)8(11)9(7)12/h3-4,13H,2,5H2,1H3. The Morgan fingerprint density at radius 2 is 2.00 bits per heavy atom. The molecule has 0 aliphatic carbocycles. The molecule has 0 fully saturated rings. The van der Waals surface area contributed by atoms with E-state index in [1.807, 2.05) is 12.1 Å². The van der Waals surface area contributed by atoms with Gasteiger partial charge in [0.2, 0.25) is 0 Å². The fraction of sp³-hybridized carbons (Fsp3) is 0.333. The lowest BCUT2D eigenvalue weighted by Gasteiger charge is -2.08. The maximum atomic E-state index is 6.01. The smallest absolute Gasteiger partial charge is 0.0835 e. The van der Waals surface area contributed by atoms with Gasteiger partial charge in [-0.15, -0.1) is 0 Å². The fourth-order valence-electron chi connectivity index (χ4n) is 0.922. The molecule has 0 saturated heterocycles. The first-order valence-corrected chi connectivity index (χ1v) is 5.59. The summed E-state index contributed by atoms with van der Waals surface area (Å²) >= 11 is 15.3. The van der Waals surface area contributed by atoms with Gasteiger partial charge in [-0.05, 0) is 34.5 Å². The van der Waals surface area contributed by atoms with Crippen molar-refractivity contribution in [1.29, 1.82) is 0 Å². The first-order chi connectivity index (χ1) is 6.16. The third-order valence-corrected chi connectivity index (χ3v) is 3.37. The molecule has 0 radical (unpaired) electrons. The van der Waals surface area contributed by atoms with Gasteiger partial charge in [-0.2, -0.15) is 0 Å². The first kappa shape index (κ1) is 11.2. The van der Waals surface area contributed by atoms with Gasteiger partial charge in [-0.3, -0.25) is 0 Å². The van der Waals surface area contributed by atoms with Crippen LogP contribution >= 0.6 is 39.1 Å². The van der Waals surface area contributed by atoms with Crippen LogP contribution in [0.5, 0.6) is 0 Å². The summed E-state index contributed by atoms with van der Waals surface area (Å²) in [5, 5.41) is 4.33. The van der Waals surface area contributed by atoms with Crippen LogP contribution in [0.2, 0.25) is 10.0 Å². The van der Waals surface area contributed by atoms with Crippen LogP contribution in [0.1, 0.15) is 13.3 Å². The van der Waals surface area contributed by atoms with Crippen molar-refractivity contribution >= 4 is 44.8 Å². The minimum absolute atomic E-state index is 0.558. The van der Waals surface area contributed by atoms with E-state index in [-0.39, 0.29) is 0 Å². The van der Waals surface area contributed by atoms with Crippen molar-refractivity contribution in [3.05, 3.63) is 26.7 Å². The molecule has 0 bridgehead atoms. The van der Waals surface area contributed by atoms with Crippen molar-refractivity contribution < 1.29 is 0 Å². The summed E-state index contributed by atoms with van der Waals surface area (Å²) in [6.07, 6.45) is 1.06. The number of hydrogen-bond acceptors (Lipinski definition) is 1. The summed E-state index contributed by atoms with van der Waals surface area (Å²) in [4.78, 5) is 0. The molecule has 1 nitrogen and oxygen atoms in total. The van der Waals surface area contributed by atoms with Crippen LogP contribution in [0.25, 0.3) is 0 Å². The third-order valence-electron chi connectivity index (χ3n) is 1.60. The van der Waals surface area contributed by atoms with E-state index in [4.69, 9.17) is 23.2 Å². The molecule has 0 amide bonds. The normalized spacial score (nSPS) is 10.2. The zero-order chi connectivity index (χ0) is 9.84. The van der Waals surface area contributed by atoms with Crippen molar-refractivity contribution in [2.75, 3.05) is 11.9 Å². The average molecular weight is 283 g/mol. The summed E-state index contributed by atoms with van der Waals surface area (Å²) < 4.78 is 0.821. The van der Waals surface area contributed by atoms with Crippen LogP contribution in [0.15, 0.2) is 16.6 Å². The van der Waals surface area contributed by atoms with Gasteiger partial charge in [0, 0.05) is 11.0 Å². The van der Waals surface area contributed by atoms with Gasteiger partial charge in [0.05, 0.1) is 15.7 Å². The van der Waals surface area contributed by atoms with E-state index in [2.05, 4.69) is 28.2 Å². The molecular weight excluding hydrogens is 273 g/mol. The molecule has 13 heavy (non-hydrogen) atoms. The van der Waals surface area contributed by atoms with Crippen molar-refractivity contribution in [2.24, 2.45) is 0 Å². The van der Waals surface area contributed by atoms with E-state index in [0.717, 1.165) is 23.1 Å². The molecule has 0 aliphatic heterocycles. The van der Waals surface area contributed by atoms with Crippen molar-refractivity contribution in [3.63, 3.8) is 0 Å². The second-order valence-electron chi connectivity index (χ2n) is 2.65. The number of anilines is 1. The van der Waals surface area contributed by atoms with Crippen LogP contribution in [0.4, 0.5) is 5.69 Å². The molecule has 0 spiro atoms. The summed E-state index contributed by atoms with van der Waals surface area (Å²) in [5.41, 5.74) is 0.886. The molecular formula is C9H10BrCl2N. The maximum absolute atomic E-state index is 6.01. The number of nitrogens with one attached hydrogen (secondary N) is 1. The highest BCUT2D eigenvalue weighted by Gasteiger charge is 2.06. The van der Waals surface area contributed by atoms with E-state index >= 15 is 0 Å². The lowest BCUT2D eigenvalue weighted by molar-refractivity contribution is 0.980. The maximum Gasteiger partial charge on any atom is 0.0835 e. The molecule has 1 N–H and O–H groups in total. The Hall–Kier alpha value is 0.0800. The number of rotatable bonds is 3. The summed E-state index contributed by atoms with van der Waals surface area (Å²) in [6, 6.07) is 3.79. The van der Waals surface area contributed by atoms with Gasteiger partial charge in [-0.25, -0.2) is 0 Å². The Labute approximate surface area is 96.6 Å². The minimum Gasteiger partial charge on any atom is -0.384 e. The molecule has 0 aliphatic rings. The second-order valence-corrected chi connectivity index (χ2v) is 4.26. The Bertz CT molecular complexity index is 302. The Morgan fingerprint density at radius 1 is 1.31 bits per heavy atom. The van der Waals surface area contributed by atoms with Gasteiger partial charge in [0.25, 0.3) is 0 Å². The van der Waals surface area contributed by atoms with Crippen LogP contribution in [-0.2, 0) is 0 Å². The quantitative estimate of drug-likeness (QED) is 0.801. The van der Waals surface area contributed by atoms with Gasteiger partial charge in [0.15, 0.2) is 0 Å². The predicted octanol–water partition coefficient (Wildman–Crippen LogP) is 4.58. The van der Waals surface area contributed by atoms with Crippen molar-refractivity contribution in [1.82, 2.24) is 0 Å². The first-order valence-electron chi connectivity index (χ1n) is 4.04. The molecule has 0 heterocycles. The Morgan fingerprint density at radius 3 is 2.62 bits per heavy atom. The van der Waals surface area contributed by atoms with Gasteiger partial charge < -0.3 is 5.32 Å². The zero-order valence-corrected chi connectivity index (χ0v) is 10.3. The molecule has 72 valence electrons. The van der Waals surface area contributed by atoms with Crippen LogP contribution in [-0.4, -0.2) is 6.54 Å². The highest BCUT2D eigenvalue weighted by Crippen LogP contribution is 2.35. The molecule has 0 unspecified atom stereocenters. The highest BCUT2D eigenvalue weighted by atomic mass is 79.9. The van der Waals surface area contributed by atoms with E-state index in [9.17, 15) is 0 Å². The van der Waals surface area contributed by atoms with Crippen molar-refractivity contribution in [3.8, 4) is 0 Å². The highest BCUT2D eigenvalue weighted by molar-refractivity contribution is 9.10. The zero-order valence-electron chi connectivity index (χ0n) is 7.20. The van der Waals surface area contributed by atoms with Gasteiger partial charge >= 0.3 is 0 Å². The van der Waals surface area contributed by atoms with E-state index < -0.39 is 0 Å². The Kier molecular flexibility index (Phi) is 4.36. The summed E-state index contributed by atoms with van der Waals surface area (Å²) in [6.45, 7) is 3.00. The van der Waals surface area contributed by atoms with E-state index in [1.165, 1.54) is 0 Å². The SMILES string of the molecule is CCCNc1ccc(Br)c(Cl)c1Cl. The topological polar surface area (TPSA) is 12.0 Å². The number of halogens is 3. The molecule has 1 rings (SSSR count). The monoisotopic (exact) mass is 281 g/mol. The van der Waals surface area contributed by atoms with Crippen LogP contribution in [0.3, 0.4) is 0 Å².